The van der Waals surface area contributed by atoms with Crippen molar-refractivity contribution in [1.29, 1.82) is 0 Å². The monoisotopic (exact) mass is 445 g/mol. The molecule has 4 aliphatic rings. The molecule has 7 heteroatoms. The Kier molecular flexibility index (Phi) is 4.83. The Morgan fingerprint density at radius 3 is 2.61 bits per heavy atom. The van der Waals surface area contributed by atoms with Crippen LogP contribution in [0.4, 0.5) is 5.69 Å². The Morgan fingerprint density at radius 1 is 1.09 bits per heavy atom. The summed E-state index contributed by atoms with van der Waals surface area (Å²) in [5.41, 5.74) is 3.52. The van der Waals surface area contributed by atoms with E-state index in [-0.39, 0.29) is 11.5 Å². The number of piperidine rings is 1. The van der Waals surface area contributed by atoms with Crippen molar-refractivity contribution in [2.24, 2.45) is 11.8 Å². The lowest BCUT2D eigenvalue weighted by Gasteiger charge is -2.43. The van der Waals surface area contributed by atoms with Crippen LogP contribution in [0.3, 0.4) is 0 Å². The van der Waals surface area contributed by atoms with Gasteiger partial charge in [-0.2, -0.15) is 0 Å². The number of benzene rings is 1. The zero-order valence-electron chi connectivity index (χ0n) is 19.1. The topological polar surface area (TPSA) is 73.4 Å². The SMILES string of the molecule is CCc1c(CN2CCC3(CC2)C(=O)NCN3c2ccccc2)[nH]n(C2=CC3CC3C=C2)c1=O. The minimum Gasteiger partial charge on any atom is -0.339 e. The number of amides is 1. The van der Waals surface area contributed by atoms with Gasteiger partial charge in [-0.25, -0.2) is 4.68 Å². The third-order valence-corrected chi connectivity index (χ3v) is 7.94. The average Bonchev–Trinajstić information content (AvgIpc) is 3.47. The minimum absolute atomic E-state index is 0.0707. The Balaban J connectivity index is 1.20. The quantitative estimate of drug-likeness (QED) is 0.742. The normalized spacial score (nSPS) is 25.8. The number of likely N-dealkylation sites (tertiary alicyclic amines) is 1. The van der Waals surface area contributed by atoms with E-state index in [4.69, 9.17) is 0 Å². The smallest absolute Gasteiger partial charge is 0.274 e. The van der Waals surface area contributed by atoms with Gasteiger partial charge in [0.1, 0.15) is 5.54 Å². The first kappa shape index (κ1) is 20.5. The first-order valence-electron chi connectivity index (χ1n) is 12.2. The molecule has 1 aromatic carbocycles. The summed E-state index contributed by atoms with van der Waals surface area (Å²) in [5, 5.41) is 6.49. The van der Waals surface area contributed by atoms with Gasteiger partial charge in [0.25, 0.3) is 5.56 Å². The molecule has 6 rings (SSSR count). The molecule has 3 heterocycles. The Labute approximate surface area is 193 Å². The highest BCUT2D eigenvalue weighted by Crippen LogP contribution is 2.44. The number of para-hydroxylation sites is 1. The summed E-state index contributed by atoms with van der Waals surface area (Å²) in [7, 11) is 0. The maximum Gasteiger partial charge on any atom is 0.274 e. The van der Waals surface area contributed by atoms with Gasteiger partial charge in [-0.05, 0) is 55.7 Å². The molecule has 1 saturated carbocycles. The number of nitrogens with one attached hydrogen (secondary N) is 2. The summed E-state index contributed by atoms with van der Waals surface area (Å²) in [6, 6.07) is 10.2. The molecule has 0 bridgehead atoms. The van der Waals surface area contributed by atoms with E-state index in [2.05, 4.69) is 50.6 Å². The lowest BCUT2D eigenvalue weighted by Crippen LogP contribution is -2.56. The van der Waals surface area contributed by atoms with Crippen molar-refractivity contribution >= 4 is 17.3 Å². The molecule has 2 N–H and O–H groups in total. The second kappa shape index (κ2) is 7.76. The standard InChI is InChI=1S/C26H31N5O2/c1-2-22-23(28-31(24(22)32)21-9-8-18-14-19(18)15-21)16-29-12-10-26(11-13-29)25(33)27-17-30(26)20-6-4-3-5-7-20/h3-9,15,18-19,28H,2,10-14,16-17H2,1H3,(H,27,33). The number of fused-ring (bicyclic) bond motifs is 1. The maximum atomic E-state index is 13.1. The van der Waals surface area contributed by atoms with E-state index in [1.165, 1.54) is 6.42 Å². The molecule has 2 unspecified atom stereocenters. The van der Waals surface area contributed by atoms with Crippen LogP contribution in [0.2, 0.25) is 0 Å². The molecule has 2 atom stereocenters. The van der Waals surface area contributed by atoms with E-state index in [9.17, 15) is 9.59 Å². The number of carbonyl (C=O) groups excluding carboxylic acids is 1. The van der Waals surface area contributed by atoms with Gasteiger partial charge in [-0.1, -0.05) is 37.3 Å². The van der Waals surface area contributed by atoms with Crippen LogP contribution in [0, 0.1) is 11.8 Å². The summed E-state index contributed by atoms with van der Waals surface area (Å²) in [6.07, 6.45) is 10.0. The molecule has 1 amide bonds. The molecule has 7 nitrogen and oxygen atoms in total. The Hall–Kier alpha value is -3.06. The first-order valence-corrected chi connectivity index (χ1v) is 12.2. The number of H-pyrrole nitrogens is 1. The highest BCUT2D eigenvalue weighted by atomic mass is 16.2. The van der Waals surface area contributed by atoms with E-state index in [0.717, 1.165) is 48.6 Å². The van der Waals surface area contributed by atoms with E-state index >= 15 is 0 Å². The molecular formula is C26H31N5O2. The lowest BCUT2D eigenvalue weighted by molar-refractivity contribution is -0.125. The van der Waals surface area contributed by atoms with Gasteiger partial charge in [-0.15, -0.1) is 0 Å². The van der Waals surface area contributed by atoms with E-state index < -0.39 is 5.54 Å². The highest BCUT2D eigenvalue weighted by Gasteiger charge is 2.50. The number of anilines is 1. The summed E-state index contributed by atoms with van der Waals surface area (Å²) in [4.78, 5) is 30.6. The zero-order valence-corrected chi connectivity index (χ0v) is 19.1. The fourth-order valence-electron chi connectivity index (χ4n) is 5.83. The molecule has 2 aliphatic heterocycles. The molecular weight excluding hydrogens is 414 g/mol. The van der Waals surface area contributed by atoms with Crippen molar-refractivity contribution in [1.82, 2.24) is 20.0 Å². The molecule has 33 heavy (non-hydrogen) atoms. The fraction of sp³-hybridized carbons (Fsp3) is 0.462. The number of aromatic amines is 1. The van der Waals surface area contributed by atoms with Crippen molar-refractivity contribution in [2.45, 2.75) is 44.7 Å². The van der Waals surface area contributed by atoms with Crippen molar-refractivity contribution < 1.29 is 4.79 Å². The number of hydrogen-bond donors (Lipinski definition) is 2. The third-order valence-electron chi connectivity index (χ3n) is 7.94. The molecule has 0 radical (unpaired) electrons. The van der Waals surface area contributed by atoms with Crippen LogP contribution in [0.15, 0.2) is 53.4 Å². The summed E-state index contributed by atoms with van der Waals surface area (Å²) in [5.74, 6) is 1.40. The fourth-order valence-corrected chi connectivity index (χ4v) is 5.83. The van der Waals surface area contributed by atoms with E-state index in [1.807, 2.05) is 25.1 Å². The molecule has 2 aromatic rings. The van der Waals surface area contributed by atoms with Gasteiger partial charge in [0.05, 0.1) is 18.1 Å². The van der Waals surface area contributed by atoms with Crippen molar-refractivity contribution in [3.8, 4) is 0 Å². The van der Waals surface area contributed by atoms with Gasteiger partial charge < -0.3 is 10.2 Å². The largest absolute Gasteiger partial charge is 0.339 e. The summed E-state index contributed by atoms with van der Waals surface area (Å²) >= 11 is 0. The second-order valence-corrected chi connectivity index (χ2v) is 9.81. The van der Waals surface area contributed by atoms with Crippen LogP contribution >= 0.6 is 0 Å². The van der Waals surface area contributed by atoms with Crippen LogP contribution in [0.1, 0.15) is 37.4 Å². The second-order valence-electron chi connectivity index (χ2n) is 9.81. The molecule has 2 aliphatic carbocycles. The molecule has 3 fully saturated rings. The Bertz CT molecular complexity index is 1180. The first-order chi connectivity index (χ1) is 16.1. The van der Waals surface area contributed by atoms with E-state index in [1.54, 1.807) is 4.68 Å². The van der Waals surface area contributed by atoms with Crippen LogP contribution in [0.5, 0.6) is 0 Å². The lowest BCUT2D eigenvalue weighted by atomic mass is 9.85. The maximum absolute atomic E-state index is 13.1. The van der Waals surface area contributed by atoms with Crippen LogP contribution in [0.25, 0.3) is 5.70 Å². The highest BCUT2D eigenvalue weighted by molar-refractivity contribution is 5.93. The molecule has 1 spiro atoms. The average molecular weight is 446 g/mol. The summed E-state index contributed by atoms with van der Waals surface area (Å²) < 4.78 is 1.73. The van der Waals surface area contributed by atoms with Crippen molar-refractivity contribution in [3.05, 3.63) is 70.2 Å². The number of aromatic nitrogens is 2. The predicted molar refractivity (Wildman–Crippen MR) is 129 cm³/mol. The van der Waals surface area contributed by atoms with Gasteiger partial charge in [0.15, 0.2) is 0 Å². The van der Waals surface area contributed by atoms with E-state index in [0.29, 0.717) is 31.5 Å². The van der Waals surface area contributed by atoms with Crippen LogP contribution in [-0.4, -0.2) is 45.9 Å². The van der Waals surface area contributed by atoms with Crippen molar-refractivity contribution in [2.75, 3.05) is 24.7 Å². The number of carbonyl (C=O) groups is 1. The third kappa shape index (κ3) is 3.37. The molecule has 172 valence electrons. The number of hydrogen-bond acceptors (Lipinski definition) is 4. The number of allylic oxidation sites excluding steroid dienone is 4. The predicted octanol–water partition coefficient (Wildman–Crippen LogP) is 2.71. The molecule has 1 aromatic heterocycles. The number of nitrogens with zero attached hydrogens (tertiary/aromatic N) is 3. The van der Waals surface area contributed by atoms with Crippen molar-refractivity contribution in [3.63, 3.8) is 0 Å². The Morgan fingerprint density at radius 2 is 1.88 bits per heavy atom. The van der Waals surface area contributed by atoms with Gasteiger partial charge in [-0.3, -0.25) is 19.6 Å². The minimum atomic E-state index is -0.483. The van der Waals surface area contributed by atoms with Gasteiger partial charge in [0.2, 0.25) is 5.91 Å². The van der Waals surface area contributed by atoms with Gasteiger partial charge >= 0.3 is 0 Å². The molecule has 2 saturated heterocycles. The van der Waals surface area contributed by atoms with Crippen LogP contribution < -0.4 is 15.8 Å². The summed E-state index contributed by atoms with van der Waals surface area (Å²) in [6.45, 7) is 4.95. The van der Waals surface area contributed by atoms with Gasteiger partial charge in [0, 0.05) is 30.9 Å². The van der Waals surface area contributed by atoms with Crippen LogP contribution in [-0.2, 0) is 17.8 Å². The number of rotatable bonds is 5. The zero-order chi connectivity index (χ0) is 22.6.